The van der Waals surface area contributed by atoms with E-state index in [0.717, 1.165) is 16.9 Å². The first-order chi connectivity index (χ1) is 9.76. The van der Waals surface area contributed by atoms with Crippen molar-refractivity contribution in [1.29, 1.82) is 0 Å². The van der Waals surface area contributed by atoms with Crippen LogP contribution in [0.5, 0.6) is 0 Å². The first kappa shape index (κ1) is 12.9. The van der Waals surface area contributed by atoms with E-state index < -0.39 is 0 Å². The quantitative estimate of drug-likeness (QED) is 0.620. The topological polar surface area (TPSA) is 26.3 Å². The van der Waals surface area contributed by atoms with Crippen LogP contribution in [-0.4, -0.2) is 5.97 Å². The zero-order valence-corrected chi connectivity index (χ0v) is 11.9. The third kappa shape index (κ3) is 2.58. The van der Waals surface area contributed by atoms with Crippen molar-refractivity contribution in [3.8, 4) is 0 Å². The van der Waals surface area contributed by atoms with Gasteiger partial charge in [0.15, 0.2) is 0 Å². The highest BCUT2D eigenvalue weighted by Gasteiger charge is 2.21. The minimum Gasteiger partial charge on any atom is -0.422 e. The third-order valence-electron chi connectivity index (χ3n) is 3.21. The molecule has 0 saturated heterocycles. The van der Waals surface area contributed by atoms with Crippen molar-refractivity contribution >= 4 is 29.1 Å². The Morgan fingerprint density at radius 1 is 1.20 bits per heavy atom. The highest BCUT2D eigenvalue weighted by Crippen LogP contribution is 2.28. The summed E-state index contributed by atoms with van der Waals surface area (Å²) in [5, 5.41) is 1.99. The lowest BCUT2D eigenvalue weighted by Gasteiger charge is -2.02. The third-order valence-corrected chi connectivity index (χ3v) is 4.03. The fraction of sp³-hybridized carbons (Fsp3) is 0.118. The molecule has 2 nitrogen and oxygen atoms in total. The number of hydrogen-bond acceptors (Lipinski definition) is 3. The molecule has 0 fully saturated rings. The van der Waals surface area contributed by atoms with Crippen LogP contribution in [0.15, 0.2) is 53.4 Å². The summed E-state index contributed by atoms with van der Waals surface area (Å²) >= 11 is 1.60. The zero-order chi connectivity index (χ0) is 13.9. The smallest absolute Gasteiger partial charge is 0.343 e. The summed E-state index contributed by atoms with van der Waals surface area (Å²) in [5.41, 5.74) is 2.81. The Balaban J connectivity index is 1.89. The summed E-state index contributed by atoms with van der Waals surface area (Å²) in [7, 11) is 0. The lowest BCUT2D eigenvalue weighted by Crippen LogP contribution is -1.96. The van der Waals surface area contributed by atoms with Gasteiger partial charge in [-0.05, 0) is 35.6 Å². The van der Waals surface area contributed by atoms with Crippen LogP contribution in [0.1, 0.15) is 22.9 Å². The average molecular weight is 282 g/mol. The molecule has 2 aromatic rings. The zero-order valence-electron chi connectivity index (χ0n) is 11.1. The van der Waals surface area contributed by atoms with Gasteiger partial charge in [0.2, 0.25) is 0 Å². The molecule has 1 aromatic carbocycles. The van der Waals surface area contributed by atoms with Gasteiger partial charge in [-0.1, -0.05) is 37.3 Å². The Morgan fingerprint density at radius 3 is 2.65 bits per heavy atom. The molecule has 0 bridgehead atoms. The minimum atomic E-state index is -0.284. The van der Waals surface area contributed by atoms with E-state index in [0.29, 0.717) is 11.3 Å². The Bertz CT molecular complexity index is 676. The monoisotopic (exact) mass is 282 g/mol. The number of thiophene rings is 1. The predicted molar refractivity (Wildman–Crippen MR) is 82.2 cm³/mol. The van der Waals surface area contributed by atoms with Crippen molar-refractivity contribution < 1.29 is 9.53 Å². The van der Waals surface area contributed by atoms with E-state index in [4.69, 9.17) is 4.74 Å². The second-order valence-corrected chi connectivity index (χ2v) is 5.54. The fourth-order valence-electron chi connectivity index (χ4n) is 2.06. The van der Waals surface area contributed by atoms with Crippen LogP contribution in [-0.2, 0) is 16.0 Å². The number of cyclic esters (lactones) is 1. The van der Waals surface area contributed by atoms with Gasteiger partial charge < -0.3 is 4.74 Å². The van der Waals surface area contributed by atoms with Gasteiger partial charge in [-0.15, -0.1) is 11.3 Å². The predicted octanol–water partition coefficient (Wildman–Crippen LogP) is 4.29. The molecule has 1 aliphatic rings. The Morgan fingerprint density at radius 2 is 2.00 bits per heavy atom. The van der Waals surface area contributed by atoms with E-state index in [1.165, 1.54) is 5.56 Å². The van der Waals surface area contributed by atoms with Crippen LogP contribution in [0.4, 0.5) is 0 Å². The van der Waals surface area contributed by atoms with E-state index in [9.17, 15) is 4.79 Å². The molecule has 1 aromatic heterocycles. The first-order valence-corrected chi connectivity index (χ1v) is 7.42. The number of carbonyl (C=O) groups is 1. The fourth-order valence-corrected chi connectivity index (χ4v) is 2.73. The summed E-state index contributed by atoms with van der Waals surface area (Å²) in [5.74, 6) is 0.341. The summed E-state index contributed by atoms with van der Waals surface area (Å²) in [6.45, 7) is 2.12. The molecule has 0 amide bonds. The van der Waals surface area contributed by atoms with Crippen LogP contribution in [0.3, 0.4) is 0 Å². The molecule has 0 aliphatic carbocycles. The number of ether oxygens (including phenoxy) is 1. The van der Waals surface area contributed by atoms with Gasteiger partial charge in [0.1, 0.15) is 5.76 Å². The molecule has 0 atom stereocenters. The summed E-state index contributed by atoms with van der Waals surface area (Å²) in [4.78, 5) is 12.9. The molecular formula is C17H14O2S. The molecule has 0 saturated carbocycles. The largest absolute Gasteiger partial charge is 0.422 e. The van der Waals surface area contributed by atoms with Crippen LogP contribution >= 0.6 is 11.3 Å². The van der Waals surface area contributed by atoms with Crippen molar-refractivity contribution in [2.24, 2.45) is 0 Å². The molecule has 20 heavy (non-hydrogen) atoms. The standard InChI is InChI=1S/C17H14O2S/c1-2-12-5-7-13(8-6-12)16-11-14(17(18)19-16)10-15-4-3-9-20-15/h3-11H,2H2,1H3/b14-10+. The second-order valence-electron chi connectivity index (χ2n) is 4.56. The van der Waals surface area contributed by atoms with E-state index >= 15 is 0 Å². The Kier molecular flexibility index (Phi) is 3.52. The molecule has 1 aliphatic heterocycles. The van der Waals surface area contributed by atoms with Crippen LogP contribution in [0.25, 0.3) is 11.8 Å². The highest BCUT2D eigenvalue weighted by molar-refractivity contribution is 7.10. The number of aryl methyl sites for hydroxylation is 1. The average Bonchev–Trinajstić information content (AvgIpc) is 3.10. The molecule has 0 unspecified atom stereocenters. The van der Waals surface area contributed by atoms with Crippen molar-refractivity contribution in [3.63, 3.8) is 0 Å². The highest BCUT2D eigenvalue weighted by atomic mass is 32.1. The number of hydrogen-bond donors (Lipinski definition) is 0. The van der Waals surface area contributed by atoms with E-state index in [1.807, 2.05) is 41.8 Å². The van der Waals surface area contributed by atoms with Crippen molar-refractivity contribution in [2.45, 2.75) is 13.3 Å². The lowest BCUT2D eigenvalue weighted by molar-refractivity contribution is -0.130. The maximum Gasteiger partial charge on any atom is 0.343 e. The van der Waals surface area contributed by atoms with Crippen molar-refractivity contribution in [1.82, 2.24) is 0 Å². The van der Waals surface area contributed by atoms with Gasteiger partial charge in [-0.25, -0.2) is 4.79 Å². The number of benzene rings is 1. The van der Waals surface area contributed by atoms with Crippen LogP contribution in [0, 0.1) is 0 Å². The maximum absolute atomic E-state index is 11.9. The van der Waals surface area contributed by atoms with Gasteiger partial charge in [0.05, 0.1) is 5.57 Å². The van der Waals surface area contributed by atoms with E-state index in [1.54, 1.807) is 11.3 Å². The Labute approximate surface area is 122 Å². The van der Waals surface area contributed by atoms with Gasteiger partial charge in [0.25, 0.3) is 0 Å². The van der Waals surface area contributed by atoms with Gasteiger partial charge in [-0.3, -0.25) is 0 Å². The second kappa shape index (κ2) is 5.47. The minimum absolute atomic E-state index is 0.284. The molecule has 3 rings (SSSR count). The van der Waals surface area contributed by atoms with E-state index in [-0.39, 0.29) is 5.97 Å². The molecule has 100 valence electrons. The van der Waals surface area contributed by atoms with Crippen LogP contribution < -0.4 is 0 Å². The van der Waals surface area contributed by atoms with Gasteiger partial charge in [0, 0.05) is 10.4 Å². The molecule has 2 heterocycles. The van der Waals surface area contributed by atoms with Crippen LogP contribution in [0.2, 0.25) is 0 Å². The SMILES string of the molecule is CCc1ccc(C2=C/C(=C\c3cccs3)C(=O)O2)cc1. The number of rotatable bonds is 3. The Hall–Kier alpha value is -2.13. The number of esters is 1. The molecular weight excluding hydrogens is 268 g/mol. The summed E-state index contributed by atoms with van der Waals surface area (Å²) in [6.07, 6.45) is 4.67. The summed E-state index contributed by atoms with van der Waals surface area (Å²) in [6, 6.07) is 12.0. The molecule has 0 N–H and O–H groups in total. The van der Waals surface area contributed by atoms with Gasteiger partial charge >= 0.3 is 5.97 Å². The normalized spacial score (nSPS) is 16.4. The molecule has 0 radical (unpaired) electrons. The maximum atomic E-state index is 11.9. The summed E-state index contributed by atoms with van der Waals surface area (Å²) < 4.78 is 5.34. The molecule has 3 heteroatoms. The first-order valence-electron chi connectivity index (χ1n) is 6.54. The molecule has 0 spiro atoms. The van der Waals surface area contributed by atoms with E-state index in [2.05, 4.69) is 19.1 Å². The van der Waals surface area contributed by atoms with Crippen molar-refractivity contribution in [2.75, 3.05) is 0 Å². The van der Waals surface area contributed by atoms with Crippen molar-refractivity contribution in [3.05, 3.63) is 69.4 Å². The lowest BCUT2D eigenvalue weighted by atomic mass is 10.1. The number of carbonyl (C=O) groups excluding carboxylic acids is 1. The van der Waals surface area contributed by atoms with Gasteiger partial charge in [-0.2, -0.15) is 0 Å².